The summed E-state index contributed by atoms with van der Waals surface area (Å²) in [5.74, 6) is 0. The summed E-state index contributed by atoms with van der Waals surface area (Å²) >= 11 is 0. The quantitative estimate of drug-likeness (QED) is 0.311. The standard InChI is InChI=1S/C18H34O/c1-2-3-4-5-6-7-8-9-10-11-12-13-14-15-16-17-18-19/h7-8,12-13,19H,2-6,9-11,14-18H2,1H3/b8-7-,13-12?. The highest BCUT2D eigenvalue weighted by atomic mass is 16.2. The van der Waals surface area contributed by atoms with Gasteiger partial charge in [-0.25, -0.2) is 0 Å². The topological polar surface area (TPSA) is 20.2 Å². The van der Waals surface area contributed by atoms with Gasteiger partial charge in [-0.15, -0.1) is 0 Å². The summed E-state index contributed by atoms with van der Waals surface area (Å²) in [4.78, 5) is 0. The molecule has 0 spiro atoms. The molecule has 0 aliphatic heterocycles. The van der Waals surface area contributed by atoms with Crippen molar-refractivity contribution in [3.8, 4) is 0 Å². The molecule has 0 bridgehead atoms. The molecule has 0 unspecified atom stereocenters. The zero-order valence-electron chi connectivity index (χ0n) is 12.9. The summed E-state index contributed by atoms with van der Waals surface area (Å²) in [6, 6.07) is 0. The number of unbranched alkanes of at least 4 members (excludes halogenated alkanes) is 9. The molecule has 0 fully saturated rings. The van der Waals surface area contributed by atoms with Gasteiger partial charge in [0.1, 0.15) is 0 Å². The van der Waals surface area contributed by atoms with Crippen molar-refractivity contribution in [2.75, 3.05) is 6.61 Å². The molecule has 112 valence electrons. The van der Waals surface area contributed by atoms with Crippen LogP contribution in [0.3, 0.4) is 0 Å². The Morgan fingerprint density at radius 2 is 1.05 bits per heavy atom. The van der Waals surface area contributed by atoms with Crippen LogP contribution >= 0.6 is 0 Å². The van der Waals surface area contributed by atoms with Crippen LogP contribution in [0.5, 0.6) is 0 Å². The van der Waals surface area contributed by atoms with Crippen molar-refractivity contribution in [3.05, 3.63) is 24.3 Å². The lowest BCUT2D eigenvalue weighted by atomic mass is 10.1. The summed E-state index contributed by atoms with van der Waals surface area (Å²) in [5.41, 5.74) is 0. The summed E-state index contributed by atoms with van der Waals surface area (Å²) in [5, 5.41) is 8.65. The maximum Gasteiger partial charge on any atom is 0.0431 e. The summed E-state index contributed by atoms with van der Waals surface area (Å²) in [7, 11) is 0. The second kappa shape index (κ2) is 17.4. The summed E-state index contributed by atoms with van der Waals surface area (Å²) < 4.78 is 0. The second-order valence-electron chi connectivity index (χ2n) is 5.30. The zero-order chi connectivity index (χ0) is 14.0. The molecule has 0 saturated heterocycles. The number of hydrogen-bond donors (Lipinski definition) is 1. The molecule has 0 amide bonds. The Morgan fingerprint density at radius 1 is 0.579 bits per heavy atom. The first kappa shape index (κ1) is 18.4. The average molecular weight is 266 g/mol. The normalized spacial score (nSPS) is 11.9. The fourth-order valence-electron chi connectivity index (χ4n) is 2.06. The predicted octanol–water partition coefficient (Wildman–Crippen LogP) is 5.79. The molecule has 19 heavy (non-hydrogen) atoms. The van der Waals surface area contributed by atoms with Crippen LogP contribution in [-0.2, 0) is 0 Å². The molecule has 0 aromatic heterocycles. The van der Waals surface area contributed by atoms with Crippen molar-refractivity contribution in [2.45, 2.75) is 84.0 Å². The summed E-state index contributed by atoms with van der Waals surface area (Å²) in [6.07, 6.45) is 24.3. The van der Waals surface area contributed by atoms with Crippen molar-refractivity contribution >= 4 is 0 Å². The maximum absolute atomic E-state index is 8.65. The van der Waals surface area contributed by atoms with Crippen molar-refractivity contribution in [2.24, 2.45) is 0 Å². The van der Waals surface area contributed by atoms with Gasteiger partial charge >= 0.3 is 0 Å². The first-order valence-electron chi connectivity index (χ1n) is 8.32. The molecule has 1 nitrogen and oxygen atoms in total. The molecule has 1 heteroatoms. The largest absolute Gasteiger partial charge is 0.396 e. The van der Waals surface area contributed by atoms with Crippen LogP contribution in [0.1, 0.15) is 84.0 Å². The lowest BCUT2D eigenvalue weighted by Gasteiger charge is -1.95. The molecule has 0 aliphatic rings. The van der Waals surface area contributed by atoms with Gasteiger partial charge in [0.2, 0.25) is 0 Å². The van der Waals surface area contributed by atoms with E-state index in [4.69, 9.17) is 5.11 Å². The summed E-state index contributed by atoms with van der Waals surface area (Å²) in [6.45, 7) is 2.60. The molecule has 0 aromatic rings. The Balaban J connectivity index is 3.12. The van der Waals surface area contributed by atoms with Crippen LogP contribution in [0, 0.1) is 0 Å². The van der Waals surface area contributed by atoms with E-state index in [0.29, 0.717) is 6.61 Å². The second-order valence-corrected chi connectivity index (χ2v) is 5.30. The Kier molecular flexibility index (Phi) is 16.9. The molecule has 0 atom stereocenters. The Hall–Kier alpha value is -0.560. The molecule has 0 saturated carbocycles. The van der Waals surface area contributed by atoms with E-state index >= 15 is 0 Å². The van der Waals surface area contributed by atoms with Gasteiger partial charge in [-0.05, 0) is 51.4 Å². The third-order valence-electron chi connectivity index (χ3n) is 3.33. The minimum Gasteiger partial charge on any atom is -0.396 e. The minimum atomic E-state index is 0.342. The maximum atomic E-state index is 8.65. The number of aliphatic hydroxyl groups excluding tert-OH is 1. The highest BCUT2D eigenvalue weighted by molar-refractivity contribution is 4.85. The minimum absolute atomic E-state index is 0.342. The van der Waals surface area contributed by atoms with E-state index in [1.54, 1.807) is 0 Å². The molecular weight excluding hydrogens is 232 g/mol. The van der Waals surface area contributed by atoms with E-state index in [-0.39, 0.29) is 0 Å². The van der Waals surface area contributed by atoms with Crippen LogP contribution in [0.2, 0.25) is 0 Å². The third-order valence-corrected chi connectivity index (χ3v) is 3.33. The number of allylic oxidation sites excluding steroid dienone is 4. The average Bonchev–Trinajstić information content (AvgIpc) is 2.43. The van der Waals surface area contributed by atoms with E-state index in [1.165, 1.54) is 64.2 Å². The van der Waals surface area contributed by atoms with E-state index < -0.39 is 0 Å². The smallest absolute Gasteiger partial charge is 0.0431 e. The van der Waals surface area contributed by atoms with Gasteiger partial charge in [-0.1, -0.05) is 56.9 Å². The fourth-order valence-corrected chi connectivity index (χ4v) is 2.06. The highest BCUT2D eigenvalue weighted by Gasteiger charge is 1.86. The van der Waals surface area contributed by atoms with E-state index in [1.807, 2.05) is 0 Å². The Bertz CT molecular complexity index is 184. The Labute approximate surface area is 120 Å². The predicted molar refractivity (Wildman–Crippen MR) is 86.4 cm³/mol. The lowest BCUT2D eigenvalue weighted by Crippen LogP contribution is -1.81. The van der Waals surface area contributed by atoms with Crippen LogP contribution in [-0.4, -0.2) is 11.7 Å². The van der Waals surface area contributed by atoms with Gasteiger partial charge in [0.15, 0.2) is 0 Å². The van der Waals surface area contributed by atoms with Gasteiger partial charge < -0.3 is 5.11 Å². The molecule has 0 heterocycles. The van der Waals surface area contributed by atoms with Gasteiger partial charge in [-0.2, -0.15) is 0 Å². The van der Waals surface area contributed by atoms with Crippen molar-refractivity contribution in [3.63, 3.8) is 0 Å². The molecule has 1 N–H and O–H groups in total. The van der Waals surface area contributed by atoms with Crippen molar-refractivity contribution in [1.82, 2.24) is 0 Å². The van der Waals surface area contributed by atoms with E-state index in [9.17, 15) is 0 Å². The van der Waals surface area contributed by atoms with Gasteiger partial charge in [-0.3, -0.25) is 0 Å². The molecule has 0 radical (unpaired) electrons. The Morgan fingerprint density at radius 3 is 1.53 bits per heavy atom. The highest BCUT2D eigenvalue weighted by Crippen LogP contribution is 2.05. The van der Waals surface area contributed by atoms with E-state index in [2.05, 4.69) is 31.2 Å². The lowest BCUT2D eigenvalue weighted by molar-refractivity contribution is 0.283. The van der Waals surface area contributed by atoms with Gasteiger partial charge in [0.05, 0.1) is 0 Å². The number of rotatable bonds is 14. The number of hydrogen-bond acceptors (Lipinski definition) is 1. The van der Waals surface area contributed by atoms with Crippen molar-refractivity contribution in [1.29, 1.82) is 0 Å². The first-order chi connectivity index (χ1) is 9.41. The van der Waals surface area contributed by atoms with Crippen LogP contribution in [0.15, 0.2) is 24.3 Å². The third kappa shape index (κ3) is 17.4. The van der Waals surface area contributed by atoms with Crippen LogP contribution in [0.25, 0.3) is 0 Å². The molecular formula is C18H34O. The monoisotopic (exact) mass is 266 g/mol. The first-order valence-corrected chi connectivity index (χ1v) is 8.32. The fraction of sp³-hybridized carbons (Fsp3) is 0.778. The van der Waals surface area contributed by atoms with Gasteiger partial charge in [0.25, 0.3) is 0 Å². The molecule has 0 rings (SSSR count). The molecule has 0 aromatic carbocycles. The van der Waals surface area contributed by atoms with Crippen molar-refractivity contribution < 1.29 is 5.11 Å². The molecule has 0 aliphatic carbocycles. The van der Waals surface area contributed by atoms with E-state index in [0.717, 1.165) is 12.8 Å². The van der Waals surface area contributed by atoms with Crippen LogP contribution in [0.4, 0.5) is 0 Å². The van der Waals surface area contributed by atoms with Gasteiger partial charge in [0, 0.05) is 6.61 Å². The zero-order valence-corrected chi connectivity index (χ0v) is 12.9. The number of aliphatic hydroxyl groups is 1. The SMILES string of the molecule is CCCCCC/C=C\CCCC=CCCCCCO. The van der Waals surface area contributed by atoms with Crippen LogP contribution < -0.4 is 0 Å².